The Morgan fingerprint density at radius 1 is 1.39 bits per heavy atom. The molecule has 98 valence electrons. The first-order chi connectivity index (χ1) is 8.52. The third-order valence-electron chi connectivity index (χ3n) is 2.75. The van der Waals surface area contributed by atoms with Crippen molar-refractivity contribution in [2.24, 2.45) is 5.41 Å². The van der Waals surface area contributed by atoms with Crippen LogP contribution in [0, 0.1) is 8.99 Å². The lowest BCUT2D eigenvalue weighted by Gasteiger charge is -2.23. The highest BCUT2D eigenvalue weighted by Gasteiger charge is 2.20. The van der Waals surface area contributed by atoms with Crippen LogP contribution in [0.3, 0.4) is 0 Å². The molecule has 0 aliphatic carbocycles. The number of benzene rings is 1. The monoisotopic (exact) mass is 359 g/mol. The van der Waals surface area contributed by atoms with Gasteiger partial charge in [0.1, 0.15) is 5.52 Å². The summed E-state index contributed by atoms with van der Waals surface area (Å²) in [4.78, 5) is 0. The molecule has 0 aliphatic heterocycles. The molecule has 4 nitrogen and oxygen atoms in total. The summed E-state index contributed by atoms with van der Waals surface area (Å²) in [6.07, 6.45) is 0. The molecule has 0 aliphatic rings. The van der Waals surface area contributed by atoms with Gasteiger partial charge in [-0.2, -0.15) is 0 Å². The van der Waals surface area contributed by atoms with Crippen LogP contribution in [0.2, 0.25) is 0 Å². The van der Waals surface area contributed by atoms with Crippen LogP contribution < -0.4 is 0 Å². The molecule has 2 aromatic rings. The minimum atomic E-state index is 0.0552. The fourth-order valence-corrected chi connectivity index (χ4v) is 2.37. The van der Waals surface area contributed by atoms with Crippen LogP contribution in [-0.4, -0.2) is 28.2 Å². The standard InChI is InChI=1S/C13H18IN3O/c1-4-18-9-13(2,3)8-17-12-6-5-10(14)7-11(12)15-16-17/h5-7H,4,8-9H2,1-3H3. The van der Waals surface area contributed by atoms with E-state index < -0.39 is 0 Å². The summed E-state index contributed by atoms with van der Waals surface area (Å²) in [6.45, 7) is 8.67. The number of fused-ring (bicyclic) bond motifs is 1. The number of aromatic nitrogens is 3. The Kier molecular flexibility index (Phi) is 4.21. The maximum absolute atomic E-state index is 5.52. The third kappa shape index (κ3) is 3.20. The smallest absolute Gasteiger partial charge is 0.114 e. The Hall–Kier alpha value is -0.690. The van der Waals surface area contributed by atoms with Crippen LogP contribution in [0.4, 0.5) is 0 Å². The van der Waals surface area contributed by atoms with Crippen molar-refractivity contribution in [3.05, 3.63) is 21.8 Å². The van der Waals surface area contributed by atoms with E-state index in [2.05, 4.69) is 64.9 Å². The van der Waals surface area contributed by atoms with Gasteiger partial charge in [0.05, 0.1) is 18.7 Å². The fourth-order valence-electron chi connectivity index (χ4n) is 1.89. The lowest BCUT2D eigenvalue weighted by Crippen LogP contribution is -2.26. The summed E-state index contributed by atoms with van der Waals surface area (Å²) >= 11 is 2.29. The lowest BCUT2D eigenvalue weighted by atomic mass is 9.95. The minimum absolute atomic E-state index is 0.0552. The fraction of sp³-hybridized carbons (Fsp3) is 0.538. The Balaban J connectivity index is 2.21. The van der Waals surface area contributed by atoms with Crippen LogP contribution in [0.5, 0.6) is 0 Å². The Labute approximate surface area is 121 Å². The Bertz CT molecular complexity index is 536. The van der Waals surface area contributed by atoms with E-state index >= 15 is 0 Å². The highest BCUT2D eigenvalue weighted by Crippen LogP contribution is 2.22. The molecule has 18 heavy (non-hydrogen) atoms. The van der Waals surface area contributed by atoms with Crippen molar-refractivity contribution in [2.45, 2.75) is 27.3 Å². The lowest BCUT2D eigenvalue weighted by molar-refractivity contribution is 0.0594. The van der Waals surface area contributed by atoms with Crippen LogP contribution in [-0.2, 0) is 11.3 Å². The molecule has 0 amide bonds. The summed E-state index contributed by atoms with van der Waals surface area (Å²) in [6, 6.07) is 6.21. The van der Waals surface area contributed by atoms with Gasteiger partial charge in [0.25, 0.3) is 0 Å². The predicted molar refractivity (Wildman–Crippen MR) is 80.5 cm³/mol. The minimum Gasteiger partial charge on any atom is -0.381 e. The molecular formula is C13H18IN3O. The van der Waals surface area contributed by atoms with E-state index in [4.69, 9.17) is 4.74 Å². The molecule has 1 aromatic heterocycles. The summed E-state index contributed by atoms with van der Waals surface area (Å²) < 4.78 is 8.66. The average molecular weight is 359 g/mol. The first-order valence-corrected chi connectivity index (χ1v) is 7.16. The molecule has 0 spiro atoms. The van der Waals surface area contributed by atoms with Crippen molar-refractivity contribution in [2.75, 3.05) is 13.2 Å². The van der Waals surface area contributed by atoms with Crippen LogP contribution in [0.1, 0.15) is 20.8 Å². The number of hydrogen-bond donors (Lipinski definition) is 0. The summed E-state index contributed by atoms with van der Waals surface area (Å²) in [5, 5.41) is 8.45. The van der Waals surface area contributed by atoms with E-state index in [1.165, 1.54) is 3.57 Å². The number of halogens is 1. The van der Waals surface area contributed by atoms with Gasteiger partial charge >= 0.3 is 0 Å². The van der Waals surface area contributed by atoms with Gasteiger partial charge < -0.3 is 4.74 Å². The van der Waals surface area contributed by atoms with E-state index in [0.29, 0.717) is 0 Å². The highest BCUT2D eigenvalue weighted by atomic mass is 127. The van der Waals surface area contributed by atoms with Gasteiger partial charge in [-0.25, -0.2) is 4.68 Å². The zero-order valence-electron chi connectivity index (χ0n) is 11.0. The van der Waals surface area contributed by atoms with Gasteiger partial charge in [0.2, 0.25) is 0 Å². The van der Waals surface area contributed by atoms with Crippen molar-refractivity contribution in [3.63, 3.8) is 0 Å². The molecule has 1 heterocycles. The molecule has 0 fully saturated rings. The van der Waals surface area contributed by atoms with Crippen molar-refractivity contribution < 1.29 is 4.74 Å². The van der Waals surface area contributed by atoms with E-state index in [1.54, 1.807) is 0 Å². The highest BCUT2D eigenvalue weighted by molar-refractivity contribution is 14.1. The van der Waals surface area contributed by atoms with Crippen LogP contribution in [0.15, 0.2) is 18.2 Å². The maximum atomic E-state index is 5.52. The van der Waals surface area contributed by atoms with Crippen LogP contribution in [0.25, 0.3) is 11.0 Å². The zero-order valence-corrected chi connectivity index (χ0v) is 13.1. The van der Waals surface area contributed by atoms with E-state index in [1.807, 2.05) is 11.6 Å². The van der Waals surface area contributed by atoms with Crippen molar-refractivity contribution in [1.29, 1.82) is 0 Å². The summed E-state index contributed by atoms with van der Waals surface area (Å²) in [7, 11) is 0. The van der Waals surface area contributed by atoms with Crippen molar-refractivity contribution in [1.82, 2.24) is 15.0 Å². The molecule has 2 rings (SSSR count). The third-order valence-corrected chi connectivity index (χ3v) is 3.42. The van der Waals surface area contributed by atoms with Gasteiger partial charge in [-0.3, -0.25) is 0 Å². The molecule has 0 unspecified atom stereocenters. The Morgan fingerprint density at radius 2 is 2.17 bits per heavy atom. The van der Waals surface area contributed by atoms with Crippen LogP contribution >= 0.6 is 22.6 Å². The van der Waals surface area contributed by atoms with Gasteiger partial charge in [-0.05, 0) is 47.7 Å². The normalized spacial score (nSPS) is 12.2. The quantitative estimate of drug-likeness (QED) is 0.771. The molecular weight excluding hydrogens is 341 g/mol. The predicted octanol–water partition coefficient (Wildman–Crippen LogP) is 3.10. The first kappa shape index (κ1) is 13.7. The van der Waals surface area contributed by atoms with E-state index in [-0.39, 0.29) is 5.41 Å². The largest absolute Gasteiger partial charge is 0.381 e. The molecule has 0 radical (unpaired) electrons. The van der Waals surface area contributed by atoms with Gasteiger partial charge in [-0.1, -0.05) is 19.1 Å². The Morgan fingerprint density at radius 3 is 2.89 bits per heavy atom. The average Bonchev–Trinajstić information content (AvgIpc) is 2.68. The second-order valence-electron chi connectivity index (χ2n) is 5.18. The molecule has 0 bridgehead atoms. The van der Waals surface area contributed by atoms with E-state index in [0.717, 1.165) is 30.8 Å². The second-order valence-corrected chi connectivity index (χ2v) is 6.43. The summed E-state index contributed by atoms with van der Waals surface area (Å²) in [5.74, 6) is 0. The maximum Gasteiger partial charge on any atom is 0.114 e. The van der Waals surface area contributed by atoms with Crippen molar-refractivity contribution in [3.8, 4) is 0 Å². The molecule has 0 atom stereocenters. The topological polar surface area (TPSA) is 39.9 Å². The molecule has 0 N–H and O–H groups in total. The SMILES string of the molecule is CCOCC(C)(C)Cn1nnc2cc(I)ccc21. The van der Waals surface area contributed by atoms with Crippen molar-refractivity contribution >= 4 is 33.6 Å². The number of ether oxygens (including phenoxy) is 1. The van der Waals surface area contributed by atoms with Gasteiger partial charge in [-0.15, -0.1) is 5.10 Å². The zero-order chi connectivity index (χ0) is 13.2. The number of hydrogen-bond acceptors (Lipinski definition) is 3. The molecule has 5 heteroatoms. The molecule has 1 aromatic carbocycles. The number of nitrogens with zero attached hydrogens (tertiary/aromatic N) is 3. The summed E-state index contributed by atoms with van der Waals surface area (Å²) in [5.41, 5.74) is 2.09. The van der Waals surface area contributed by atoms with Gasteiger partial charge in [0.15, 0.2) is 0 Å². The van der Waals surface area contributed by atoms with E-state index in [9.17, 15) is 0 Å². The molecule has 0 saturated carbocycles. The number of rotatable bonds is 5. The first-order valence-electron chi connectivity index (χ1n) is 6.08. The molecule has 0 saturated heterocycles. The van der Waals surface area contributed by atoms with Gasteiger partial charge in [0, 0.05) is 15.6 Å². The second kappa shape index (κ2) is 5.52.